The van der Waals surface area contributed by atoms with E-state index in [2.05, 4.69) is 21.1 Å². The molecule has 0 bridgehead atoms. The Morgan fingerprint density at radius 1 is 0.692 bits per heavy atom. The molecule has 2 aromatic rings. The van der Waals surface area contributed by atoms with Crippen LogP contribution in [0.3, 0.4) is 0 Å². The van der Waals surface area contributed by atoms with Crippen molar-refractivity contribution in [1.29, 1.82) is 0 Å². The van der Waals surface area contributed by atoms with Crippen molar-refractivity contribution >= 4 is 45.4 Å². The summed E-state index contributed by atoms with van der Waals surface area (Å²) in [4.78, 5) is 23.3. The molecule has 0 radical (unpaired) electrons. The van der Waals surface area contributed by atoms with Gasteiger partial charge in [-0.05, 0) is 12.5 Å². The molecule has 2 N–H and O–H groups in total. The largest absolute Gasteiger partial charge is 0.298 e. The Hall–Kier alpha value is -2.58. The molecule has 0 aliphatic heterocycles. The van der Waals surface area contributed by atoms with Crippen LogP contribution in [0.15, 0.2) is 70.9 Å². The van der Waals surface area contributed by atoms with E-state index in [4.69, 9.17) is 0 Å². The molecule has 0 heterocycles. The standard InChI is InChI=1S/C18H18N4O2S2/c1-25-17(23)21-19-15(13-9-5-3-6-10-13)16(20-22-18(24)26-2)14-11-7-4-8-12-14/h3-12H,1-2H3,(H,21,23)(H,22,24). The number of hydrogen-bond acceptors (Lipinski definition) is 6. The van der Waals surface area contributed by atoms with Gasteiger partial charge in [-0.25, -0.2) is 10.9 Å². The first-order valence-corrected chi connectivity index (χ1v) is 10.0. The van der Waals surface area contributed by atoms with Crippen LogP contribution in [0.5, 0.6) is 0 Å². The zero-order valence-electron chi connectivity index (χ0n) is 14.3. The number of nitrogens with one attached hydrogen (secondary N) is 2. The average molecular weight is 387 g/mol. The SMILES string of the molecule is CSC(=O)NN=C(C(=NNC(=O)SC)c1ccccc1)c1ccccc1. The van der Waals surface area contributed by atoms with Gasteiger partial charge in [0.1, 0.15) is 11.4 Å². The number of carbonyl (C=O) groups is 2. The second kappa shape index (κ2) is 10.4. The lowest BCUT2D eigenvalue weighted by molar-refractivity contribution is 0.260. The number of amides is 2. The monoisotopic (exact) mass is 386 g/mol. The molecule has 0 aliphatic carbocycles. The maximum atomic E-state index is 11.7. The molecule has 0 saturated heterocycles. The number of nitrogens with zero attached hydrogens (tertiary/aromatic N) is 2. The molecule has 0 saturated carbocycles. The highest BCUT2D eigenvalue weighted by Gasteiger charge is 2.16. The number of thioether (sulfide) groups is 2. The van der Waals surface area contributed by atoms with Crippen molar-refractivity contribution in [2.24, 2.45) is 10.2 Å². The van der Waals surface area contributed by atoms with E-state index >= 15 is 0 Å². The topological polar surface area (TPSA) is 82.9 Å². The smallest absolute Gasteiger partial charge is 0.260 e. The lowest BCUT2D eigenvalue weighted by atomic mass is 10.00. The second-order valence-corrected chi connectivity index (χ2v) is 6.42. The van der Waals surface area contributed by atoms with Crippen LogP contribution in [-0.4, -0.2) is 34.4 Å². The molecule has 0 fully saturated rings. The van der Waals surface area contributed by atoms with E-state index in [-0.39, 0.29) is 10.5 Å². The molecule has 2 rings (SSSR count). The maximum Gasteiger partial charge on any atom is 0.298 e. The number of rotatable bonds is 5. The van der Waals surface area contributed by atoms with Crippen LogP contribution in [-0.2, 0) is 0 Å². The van der Waals surface area contributed by atoms with Crippen molar-refractivity contribution in [2.75, 3.05) is 12.5 Å². The van der Waals surface area contributed by atoms with E-state index in [1.807, 2.05) is 60.7 Å². The fraction of sp³-hybridized carbons (Fsp3) is 0.111. The Balaban J connectivity index is 2.53. The Kier molecular flexibility index (Phi) is 7.91. The van der Waals surface area contributed by atoms with Crippen molar-refractivity contribution in [3.05, 3.63) is 71.8 Å². The van der Waals surface area contributed by atoms with Crippen LogP contribution in [0, 0.1) is 0 Å². The highest BCUT2D eigenvalue weighted by atomic mass is 32.2. The van der Waals surface area contributed by atoms with Gasteiger partial charge in [0.05, 0.1) is 0 Å². The van der Waals surface area contributed by atoms with Gasteiger partial charge in [-0.2, -0.15) is 10.2 Å². The molecule has 2 amide bonds. The van der Waals surface area contributed by atoms with E-state index in [0.29, 0.717) is 11.4 Å². The van der Waals surface area contributed by atoms with Crippen LogP contribution in [0.1, 0.15) is 11.1 Å². The summed E-state index contributed by atoms with van der Waals surface area (Å²) in [5.74, 6) is 0. The first kappa shape index (κ1) is 19.7. The summed E-state index contributed by atoms with van der Waals surface area (Å²) in [6.45, 7) is 0. The van der Waals surface area contributed by atoms with E-state index in [9.17, 15) is 9.59 Å². The van der Waals surface area contributed by atoms with E-state index in [1.165, 1.54) is 0 Å². The predicted octanol–water partition coefficient (Wildman–Crippen LogP) is 3.94. The van der Waals surface area contributed by atoms with Crippen LogP contribution in [0.2, 0.25) is 0 Å². The number of hydrogen-bond donors (Lipinski definition) is 2. The van der Waals surface area contributed by atoms with E-state index in [0.717, 1.165) is 34.7 Å². The quantitative estimate of drug-likeness (QED) is 0.602. The van der Waals surface area contributed by atoms with Crippen molar-refractivity contribution < 1.29 is 9.59 Å². The van der Waals surface area contributed by atoms with Crippen molar-refractivity contribution in [2.45, 2.75) is 0 Å². The van der Waals surface area contributed by atoms with Crippen molar-refractivity contribution in [3.8, 4) is 0 Å². The molecule has 0 atom stereocenters. The fourth-order valence-electron chi connectivity index (χ4n) is 1.99. The molecule has 26 heavy (non-hydrogen) atoms. The van der Waals surface area contributed by atoms with Gasteiger partial charge in [-0.15, -0.1) is 0 Å². The van der Waals surface area contributed by atoms with Crippen molar-refractivity contribution in [3.63, 3.8) is 0 Å². The fourth-order valence-corrected chi connectivity index (χ4v) is 2.27. The van der Waals surface area contributed by atoms with Gasteiger partial charge in [0.15, 0.2) is 0 Å². The Labute approximate surface area is 160 Å². The molecular formula is C18H18N4O2S2. The molecule has 0 unspecified atom stereocenters. The summed E-state index contributed by atoms with van der Waals surface area (Å²) in [6, 6.07) is 18.7. The Morgan fingerprint density at radius 3 is 1.35 bits per heavy atom. The van der Waals surface area contributed by atoms with Crippen LogP contribution >= 0.6 is 23.5 Å². The summed E-state index contributed by atoms with van der Waals surface area (Å²) in [6.07, 6.45) is 3.33. The molecule has 0 aliphatic rings. The highest BCUT2D eigenvalue weighted by Crippen LogP contribution is 2.11. The molecule has 2 aromatic carbocycles. The Morgan fingerprint density at radius 2 is 1.04 bits per heavy atom. The van der Waals surface area contributed by atoms with Crippen LogP contribution in [0.4, 0.5) is 9.59 Å². The van der Waals surface area contributed by atoms with Gasteiger partial charge >= 0.3 is 0 Å². The minimum absolute atomic E-state index is 0.293. The van der Waals surface area contributed by atoms with Crippen LogP contribution in [0.25, 0.3) is 0 Å². The van der Waals surface area contributed by atoms with Gasteiger partial charge in [0, 0.05) is 11.1 Å². The van der Waals surface area contributed by atoms with E-state index < -0.39 is 0 Å². The third kappa shape index (κ3) is 5.75. The second-order valence-electron chi connectivity index (χ2n) is 4.86. The number of carbonyl (C=O) groups excluding carboxylic acids is 2. The van der Waals surface area contributed by atoms with Crippen molar-refractivity contribution in [1.82, 2.24) is 10.9 Å². The maximum absolute atomic E-state index is 11.7. The molecule has 8 heteroatoms. The predicted molar refractivity (Wildman–Crippen MR) is 110 cm³/mol. The summed E-state index contributed by atoms with van der Waals surface area (Å²) >= 11 is 2.04. The lowest BCUT2D eigenvalue weighted by Gasteiger charge is -2.11. The molecule has 0 aromatic heterocycles. The van der Waals surface area contributed by atoms with E-state index in [1.54, 1.807) is 12.5 Å². The third-order valence-corrected chi connectivity index (χ3v) is 4.13. The first-order chi connectivity index (χ1) is 12.7. The number of benzene rings is 2. The minimum atomic E-state index is -0.293. The summed E-state index contributed by atoms with van der Waals surface area (Å²) in [5.41, 5.74) is 7.40. The van der Waals surface area contributed by atoms with Gasteiger partial charge in [-0.3, -0.25) is 9.59 Å². The third-order valence-electron chi connectivity index (χ3n) is 3.21. The molecule has 134 valence electrons. The first-order valence-electron chi connectivity index (χ1n) is 7.60. The summed E-state index contributed by atoms with van der Waals surface area (Å²) in [5, 5.41) is 7.92. The zero-order valence-corrected chi connectivity index (χ0v) is 15.9. The molecule has 0 spiro atoms. The molecule has 6 nitrogen and oxygen atoms in total. The summed E-state index contributed by atoms with van der Waals surface area (Å²) < 4.78 is 0. The number of hydrazone groups is 2. The zero-order chi connectivity index (χ0) is 18.8. The normalized spacial score (nSPS) is 11.8. The average Bonchev–Trinajstić information content (AvgIpc) is 2.71. The highest BCUT2D eigenvalue weighted by molar-refractivity contribution is 8.13. The Bertz CT molecular complexity index is 739. The van der Waals surface area contributed by atoms with Gasteiger partial charge in [-0.1, -0.05) is 84.2 Å². The summed E-state index contributed by atoms with van der Waals surface area (Å²) in [7, 11) is 0. The van der Waals surface area contributed by atoms with Crippen LogP contribution < -0.4 is 10.9 Å². The van der Waals surface area contributed by atoms with Gasteiger partial charge < -0.3 is 0 Å². The van der Waals surface area contributed by atoms with Gasteiger partial charge in [0.25, 0.3) is 10.5 Å². The van der Waals surface area contributed by atoms with Gasteiger partial charge in [0.2, 0.25) is 0 Å². The lowest BCUT2D eigenvalue weighted by Crippen LogP contribution is -2.26. The molecular weight excluding hydrogens is 368 g/mol. The minimum Gasteiger partial charge on any atom is -0.260 e.